The Kier molecular flexibility index (Phi) is 8.69. The SMILES string of the molecule is COc1ccccc1-c1ccc(OC2OC(C)(C)C(OC)C(O)C2O)cc1C(=O)NCCc1ccccc1. The monoisotopic (exact) mass is 521 g/mol. The Bertz CT molecular complexity index is 1230. The van der Waals surface area contributed by atoms with Crippen LogP contribution in [0.5, 0.6) is 11.5 Å². The highest BCUT2D eigenvalue weighted by atomic mass is 16.7. The molecule has 3 aromatic carbocycles. The second-order valence-corrected chi connectivity index (χ2v) is 9.74. The predicted octanol–water partition coefficient (Wildman–Crippen LogP) is 3.59. The van der Waals surface area contributed by atoms with Crippen molar-refractivity contribution >= 4 is 5.91 Å². The molecule has 0 bridgehead atoms. The molecule has 0 aromatic heterocycles. The van der Waals surface area contributed by atoms with Crippen molar-refractivity contribution in [3.63, 3.8) is 0 Å². The number of carbonyl (C=O) groups excluding carboxylic acids is 1. The number of methoxy groups -OCH3 is 2. The van der Waals surface area contributed by atoms with Crippen LogP contribution in [0.1, 0.15) is 29.8 Å². The van der Waals surface area contributed by atoms with Gasteiger partial charge < -0.3 is 34.5 Å². The summed E-state index contributed by atoms with van der Waals surface area (Å²) in [4.78, 5) is 13.4. The summed E-state index contributed by atoms with van der Waals surface area (Å²) >= 11 is 0. The lowest BCUT2D eigenvalue weighted by molar-refractivity contribution is -0.305. The number of aliphatic hydroxyl groups is 2. The Hall–Kier alpha value is -3.43. The topological polar surface area (TPSA) is 106 Å². The molecule has 1 aliphatic heterocycles. The molecule has 3 N–H and O–H groups in total. The van der Waals surface area contributed by atoms with E-state index in [0.717, 1.165) is 11.1 Å². The molecule has 1 amide bonds. The quantitative estimate of drug-likeness (QED) is 0.395. The van der Waals surface area contributed by atoms with E-state index in [4.69, 9.17) is 18.9 Å². The van der Waals surface area contributed by atoms with Gasteiger partial charge in [0.25, 0.3) is 5.91 Å². The molecule has 8 nitrogen and oxygen atoms in total. The Morgan fingerprint density at radius 1 is 0.947 bits per heavy atom. The van der Waals surface area contributed by atoms with Gasteiger partial charge in [-0.2, -0.15) is 0 Å². The molecular weight excluding hydrogens is 486 g/mol. The fourth-order valence-electron chi connectivity index (χ4n) is 4.79. The summed E-state index contributed by atoms with van der Waals surface area (Å²) in [5.41, 5.74) is 1.99. The summed E-state index contributed by atoms with van der Waals surface area (Å²) in [5.74, 6) is 0.651. The van der Waals surface area contributed by atoms with Gasteiger partial charge in [-0.05, 0) is 55.7 Å². The molecule has 4 rings (SSSR count). The number of benzene rings is 3. The van der Waals surface area contributed by atoms with Gasteiger partial charge in [0.2, 0.25) is 6.29 Å². The van der Waals surface area contributed by atoms with E-state index in [1.54, 1.807) is 39.2 Å². The van der Waals surface area contributed by atoms with Crippen LogP contribution in [0.2, 0.25) is 0 Å². The molecule has 8 heteroatoms. The summed E-state index contributed by atoms with van der Waals surface area (Å²) in [6.45, 7) is 3.95. The van der Waals surface area contributed by atoms with E-state index in [0.29, 0.717) is 35.6 Å². The average molecular weight is 522 g/mol. The normalized spacial score (nSPS) is 22.5. The van der Waals surface area contributed by atoms with E-state index in [-0.39, 0.29) is 5.91 Å². The minimum absolute atomic E-state index is 0.280. The third-order valence-corrected chi connectivity index (χ3v) is 6.73. The number of para-hydroxylation sites is 1. The average Bonchev–Trinajstić information content (AvgIpc) is 2.92. The number of hydrogen-bond donors (Lipinski definition) is 3. The van der Waals surface area contributed by atoms with Crippen LogP contribution < -0.4 is 14.8 Å². The maximum absolute atomic E-state index is 13.4. The summed E-state index contributed by atoms with van der Waals surface area (Å²) in [6.07, 6.45) is -3.80. The minimum atomic E-state index is -1.36. The van der Waals surface area contributed by atoms with Gasteiger partial charge in [-0.25, -0.2) is 0 Å². The second kappa shape index (κ2) is 12.0. The second-order valence-electron chi connectivity index (χ2n) is 9.74. The van der Waals surface area contributed by atoms with Gasteiger partial charge in [0.1, 0.15) is 29.8 Å². The van der Waals surface area contributed by atoms with Crippen LogP contribution >= 0.6 is 0 Å². The Balaban J connectivity index is 1.62. The van der Waals surface area contributed by atoms with Crippen molar-refractivity contribution in [2.75, 3.05) is 20.8 Å². The molecule has 1 heterocycles. The molecule has 1 saturated heterocycles. The van der Waals surface area contributed by atoms with Gasteiger partial charge in [-0.1, -0.05) is 48.5 Å². The van der Waals surface area contributed by atoms with Gasteiger partial charge in [-0.15, -0.1) is 0 Å². The predicted molar refractivity (Wildman–Crippen MR) is 143 cm³/mol. The zero-order chi connectivity index (χ0) is 27.3. The molecule has 202 valence electrons. The highest BCUT2D eigenvalue weighted by molar-refractivity contribution is 6.02. The first kappa shape index (κ1) is 27.6. The molecule has 3 aromatic rings. The van der Waals surface area contributed by atoms with Crippen LogP contribution in [-0.4, -0.2) is 67.1 Å². The van der Waals surface area contributed by atoms with Crippen molar-refractivity contribution < 1.29 is 34.0 Å². The fourth-order valence-corrected chi connectivity index (χ4v) is 4.79. The standard InChI is InChI=1S/C30H35NO7/c1-30(2)27(36-4)25(32)26(33)29(38-30)37-20-14-15-21(22-12-8-9-13-24(22)35-3)23(18-20)28(34)31-17-16-19-10-6-5-7-11-19/h5-15,18,25-27,29,32-33H,16-17H2,1-4H3,(H,31,34). The molecule has 0 spiro atoms. The van der Waals surface area contributed by atoms with Gasteiger partial charge in [0.05, 0.1) is 18.3 Å². The van der Waals surface area contributed by atoms with Gasteiger partial charge >= 0.3 is 0 Å². The van der Waals surface area contributed by atoms with Crippen molar-refractivity contribution in [1.29, 1.82) is 0 Å². The van der Waals surface area contributed by atoms with Crippen molar-refractivity contribution in [3.8, 4) is 22.6 Å². The number of nitrogens with one attached hydrogen (secondary N) is 1. The number of carbonyl (C=O) groups is 1. The van der Waals surface area contributed by atoms with Crippen molar-refractivity contribution in [3.05, 3.63) is 83.9 Å². The van der Waals surface area contributed by atoms with Crippen LogP contribution in [0.4, 0.5) is 0 Å². The maximum atomic E-state index is 13.4. The first-order valence-electron chi connectivity index (χ1n) is 12.6. The lowest BCUT2D eigenvalue weighted by Gasteiger charge is -2.46. The van der Waals surface area contributed by atoms with Crippen LogP contribution in [0.25, 0.3) is 11.1 Å². The highest BCUT2D eigenvalue weighted by Crippen LogP contribution is 2.36. The lowest BCUT2D eigenvalue weighted by atomic mass is 9.89. The molecule has 1 fully saturated rings. The number of rotatable bonds is 9. The molecule has 0 saturated carbocycles. The number of hydrogen-bond acceptors (Lipinski definition) is 7. The van der Waals surface area contributed by atoms with Crippen LogP contribution in [0.3, 0.4) is 0 Å². The molecule has 0 radical (unpaired) electrons. The van der Waals surface area contributed by atoms with Gasteiger partial charge in [-0.3, -0.25) is 4.79 Å². The van der Waals surface area contributed by atoms with E-state index in [9.17, 15) is 15.0 Å². The zero-order valence-electron chi connectivity index (χ0n) is 22.1. The Morgan fingerprint density at radius 2 is 1.66 bits per heavy atom. The van der Waals surface area contributed by atoms with Crippen molar-refractivity contribution in [2.45, 2.75) is 50.5 Å². The van der Waals surface area contributed by atoms with Crippen molar-refractivity contribution in [2.24, 2.45) is 0 Å². The first-order valence-corrected chi connectivity index (χ1v) is 12.6. The third kappa shape index (κ3) is 6.00. The van der Waals surface area contributed by atoms with Gasteiger partial charge in [0, 0.05) is 19.2 Å². The van der Waals surface area contributed by atoms with Gasteiger partial charge in [0.15, 0.2) is 0 Å². The Morgan fingerprint density at radius 3 is 2.37 bits per heavy atom. The van der Waals surface area contributed by atoms with E-state index >= 15 is 0 Å². The van der Waals surface area contributed by atoms with E-state index in [1.165, 1.54) is 7.11 Å². The lowest BCUT2D eigenvalue weighted by Crippen LogP contribution is -2.63. The smallest absolute Gasteiger partial charge is 0.252 e. The van der Waals surface area contributed by atoms with Crippen LogP contribution in [0.15, 0.2) is 72.8 Å². The molecule has 4 unspecified atom stereocenters. The Labute approximate surface area is 223 Å². The highest BCUT2D eigenvalue weighted by Gasteiger charge is 2.50. The molecule has 0 aliphatic carbocycles. The van der Waals surface area contributed by atoms with E-state index in [2.05, 4.69) is 5.32 Å². The number of amides is 1. The van der Waals surface area contributed by atoms with E-state index in [1.807, 2.05) is 54.6 Å². The fraction of sp³-hybridized carbons (Fsp3) is 0.367. The molecule has 4 atom stereocenters. The zero-order valence-corrected chi connectivity index (χ0v) is 22.1. The summed E-state index contributed by atoms with van der Waals surface area (Å²) < 4.78 is 22.8. The third-order valence-electron chi connectivity index (χ3n) is 6.73. The van der Waals surface area contributed by atoms with Crippen molar-refractivity contribution in [1.82, 2.24) is 5.32 Å². The summed E-state index contributed by atoms with van der Waals surface area (Å²) in [7, 11) is 3.03. The van der Waals surface area contributed by atoms with Crippen LogP contribution in [0, 0.1) is 0 Å². The molecular formula is C30H35NO7. The van der Waals surface area contributed by atoms with Crippen LogP contribution in [-0.2, 0) is 15.9 Å². The summed E-state index contributed by atoms with van der Waals surface area (Å²) in [6, 6.07) is 22.4. The number of ether oxygens (including phenoxy) is 4. The molecule has 1 aliphatic rings. The largest absolute Gasteiger partial charge is 0.496 e. The number of aliphatic hydroxyl groups excluding tert-OH is 2. The minimum Gasteiger partial charge on any atom is -0.496 e. The molecule has 38 heavy (non-hydrogen) atoms. The van der Waals surface area contributed by atoms with E-state index < -0.39 is 30.2 Å². The summed E-state index contributed by atoms with van der Waals surface area (Å²) in [5, 5.41) is 24.2. The maximum Gasteiger partial charge on any atom is 0.252 e. The first-order chi connectivity index (χ1) is 18.2.